The summed E-state index contributed by atoms with van der Waals surface area (Å²) in [6.45, 7) is 2.81. The van der Waals surface area contributed by atoms with E-state index in [1.165, 1.54) is 19.1 Å². The Labute approximate surface area is 148 Å². The minimum atomic E-state index is -0.626. The third kappa shape index (κ3) is 4.12. The van der Waals surface area contributed by atoms with E-state index < -0.39 is 28.9 Å². The van der Waals surface area contributed by atoms with Gasteiger partial charge in [0.25, 0.3) is 11.2 Å². The van der Waals surface area contributed by atoms with Crippen LogP contribution >= 0.6 is 0 Å². The number of carbonyl (C=O) groups excluding carboxylic acids is 2. The minimum absolute atomic E-state index is 0.0660. The normalized spacial score (nSPS) is 10.2. The number of hydrogen-bond acceptors (Lipinski definition) is 6. The highest BCUT2D eigenvalue weighted by atomic mass is 16.6. The Balaban J connectivity index is 2.26. The molecule has 0 fully saturated rings. The summed E-state index contributed by atoms with van der Waals surface area (Å²) in [7, 11) is 0. The minimum Gasteiger partial charge on any atom is -0.462 e. The summed E-state index contributed by atoms with van der Waals surface area (Å²) < 4.78 is 5.93. The first-order valence-corrected chi connectivity index (χ1v) is 7.76. The maximum absolute atomic E-state index is 12.3. The van der Waals surface area contributed by atoms with E-state index in [-0.39, 0.29) is 29.2 Å². The fraction of sp³-hybridized carbons (Fsp3) is 0.235. The fourth-order valence-electron chi connectivity index (χ4n) is 2.37. The van der Waals surface area contributed by atoms with Crippen molar-refractivity contribution in [3.05, 3.63) is 68.1 Å². The van der Waals surface area contributed by atoms with Crippen LogP contribution in [0.2, 0.25) is 0 Å². The summed E-state index contributed by atoms with van der Waals surface area (Å²) in [5.74, 6) is -1.19. The van der Waals surface area contributed by atoms with Crippen LogP contribution < -0.4 is 10.9 Å². The van der Waals surface area contributed by atoms with Gasteiger partial charge in [-0.1, -0.05) is 12.1 Å². The SMILES string of the molecule is CCOC(=O)c1ccccc1NC(=O)Cn1c(C)c([N+](=O)[O-])ccc1=O. The lowest BCUT2D eigenvalue weighted by atomic mass is 10.2. The van der Waals surface area contributed by atoms with Gasteiger partial charge in [-0.2, -0.15) is 0 Å². The number of rotatable bonds is 6. The molecule has 0 aliphatic heterocycles. The molecule has 9 nitrogen and oxygen atoms in total. The molecule has 0 aliphatic carbocycles. The number of amides is 1. The van der Waals surface area contributed by atoms with E-state index in [1.807, 2.05) is 0 Å². The van der Waals surface area contributed by atoms with Gasteiger partial charge in [0.2, 0.25) is 5.91 Å². The number of benzene rings is 1. The molecule has 1 aromatic heterocycles. The summed E-state index contributed by atoms with van der Waals surface area (Å²) >= 11 is 0. The Morgan fingerprint density at radius 1 is 1.23 bits per heavy atom. The van der Waals surface area contributed by atoms with Gasteiger partial charge in [-0.25, -0.2) is 4.79 Å². The van der Waals surface area contributed by atoms with Crippen molar-refractivity contribution in [2.24, 2.45) is 0 Å². The molecule has 0 bridgehead atoms. The number of anilines is 1. The molecule has 1 N–H and O–H groups in total. The maximum Gasteiger partial charge on any atom is 0.340 e. The second-order valence-corrected chi connectivity index (χ2v) is 5.30. The van der Waals surface area contributed by atoms with E-state index in [9.17, 15) is 24.5 Å². The smallest absolute Gasteiger partial charge is 0.340 e. The van der Waals surface area contributed by atoms with E-state index in [1.54, 1.807) is 19.1 Å². The van der Waals surface area contributed by atoms with E-state index in [0.717, 1.165) is 16.7 Å². The molecular weight excluding hydrogens is 342 g/mol. The molecule has 26 heavy (non-hydrogen) atoms. The molecular formula is C17H17N3O6. The number of para-hydroxylation sites is 1. The van der Waals surface area contributed by atoms with Gasteiger partial charge in [0.05, 0.1) is 28.5 Å². The first-order chi connectivity index (χ1) is 12.3. The van der Waals surface area contributed by atoms with Crippen molar-refractivity contribution in [1.29, 1.82) is 0 Å². The van der Waals surface area contributed by atoms with Crippen molar-refractivity contribution < 1.29 is 19.2 Å². The molecule has 136 valence electrons. The maximum atomic E-state index is 12.3. The summed E-state index contributed by atoms with van der Waals surface area (Å²) in [4.78, 5) is 46.5. The molecule has 1 amide bonds. The standard InChI is InChI=1S/C17H17N3O6/c1-3-26-17(23)12-6-4-5-7-13(12)18-15(21)10-19-11(2)14(20(24)25)8-9-16(19)22/h4-9H,3,10H2,1-2H3,(H,18,21). The lowest BCUT2D eigenvalue weighted by molar-refractivity contribution is -0.386. The fourth-order valence-corrected chi connectivity index (χ4v) is 2.37. The number of nitro groups is 1. The average molecular weight is 359 g/mol. The van der Waals surface area contributed by atoms with Gasteiger partial charge in [0.15, 0.2) is 0 Å². The van der Waals surface area contributed by atoms with Gasteiger partial charge in [-0.05, 0) is 26.0 Å². The second-order valence-electron chi connectivity index (χ2n) is 5.30. The summed E-state index contributed by atoms with van der Waals surface area (Å²) in [5, 5.41) is 13.5. The van der Waals surface area contributed by atoms with Crippen LogP contribution in [0.25, 0.3) is 0 Å². The van der Waals surface area contributed by atoms with Gasteiger partial charge in [0, 0.05) is 12.1 Å². The highest BCUT2D eigenvalue weighted by molar-refractivity contribution is 6.01. The number of carbonyl (C=O) groups is 2. The molecule has 0 spiro atoms. The molecule has 2 aromatic rings. The topological polar surface area (TPSA) is 121 Å². The summed E-state index contributed by atoms with van der Waals surface area (Å²) in [5.41, 5.74) is -0.333. The van der Waals surface area contributed by atoms with Gasteiger partial charge in [0.1, 0.15) is 6.54 Å². The van der Waals surface area contributed by atoms with Crippen LogP contribution in [-0.2, 0) is 16.1 Å². The van der Waals surface area contributed by atoms with Crippen LogP contribution in [0.15, 0.2) is 41.2 Å². The zero-order valence-corrected chi connectivity index (χ0v) is 14.2. The van der Waals surface area contributed by atoms with Crippen molar-refractivity contribution in [1.82, 2.24) is 4.57 Å². The molecule has 1 heterocycles. The molecule has 9 heteroatoms. The number of aromatic nitrogens is 1. The van der Waals surface area contributed by atoms with Gasteiger partial charge in [-0.3, -0.25) is 24.3 Å². The van der Waals surface area contributed by atoms with E-state index in [0.29, 0.717) is 0 Å². The second kappa shape index (κ2) is 8.06. The van der Waals surface area contributed by atoms with E-state index >= 15 is 0 Å². The number of nitrogens with one attached hydrogen (secondary N) is 1. The molecule has 1 aromatic carbocycles. The third-order valence-corrected chi connectivity index (χ3v) is 3.62. The predicted molar refractivity (Wildman–Crippen MR) is 93.1 cm³/mol. The first kappa shape index (κ1) is 18.8. The Morgan fingerprint density at radius 3 is 2.58 bits per heavy atom. The van der Waals surface area contributed by atoms with Crippen molar-refractivity contribution >= 4 is 23.3 Å². The number of esters is 1. The van der Waals surface area contributed by atoms with Gasteiger partial charge in [-0.15, -0.1) is 0 Å². The Bertz CT molecular complexity index is 919. The highest BCUT2D eigenvalue weighted by Gasteiger charge is 2.18. The lowest BCUT2D eigenvalue weighted by Gasteiger charge is -2.12. The van der Waals surface area contributed by atoms with E-state index in [2.05, 4.69) is 5.32 Å². The van der Waals surface area contributed by atoms with Gasteiger partial charge < -0.3 is 10.1 Å². The van der Waals surface area contributed by atoms with Crippen LogP contribution in [-0.4, -0.2) is 28.0 Å². The van der Waals surface area contributed by atoms with Crippen LogP contribution in [0.1, 0.15) is 23.0 Å². The monoisotopic (exact) mass is 359 g/mol. The van der Waals surface area contributed by atoms with E-state index in [4.69, 9.17) is 4.74 Å². The Hall–Kier alpha value is -3.49. The molecule has 0 saturated heterocycles. The number of ether oxygens (including phenoxy) is 1. The van der Waals surface area contributed by atoms with Crippen molar-refractivity contribution in [2.45, 2.75) is 20.4 Å². The molecule has 0 aliphatic rings. The molecule has 0 atom stereocenters. The van der Waals surface area contributed by atoms with Crippen molar-refractivity contribution in [3.63, 3.8) is 0 Å². The van der Waals surface area contributed by atoms with Crippen LogP contribution in [0.3, 0.4) is 0 Å². The average Bonchev–Trinajstić information content (AvgIpc) is 2.59. The summed E-state index contributed by atoms with van der Waals surface area (Å²) in [6.07, 6.45) is 0. The molecule has 0 radical (unpaired) electrons. The molecule has 0 unspecified atom stereocenters. The lowest BCUT2D eigenvalue weighted by Crippen LogP contribution is -2.29. The third-order valence-electron chi connectivity index (χ3n) is 3.62. The summed E-state index contributed by atoms with van der Waals surface area (Å²) in [6, 6.07) is 8.40. The molecule has 2 rings (SSSR count). The number of pyridine rings is 1. The van der Waals surface area contributed by atoms with Crippen LogP contribution in [0.4, 0.5) is 11.4 Å². The predicted octanol–water partition coefficient (Wildman–Crippen LogP) is 1.88. The van der Waals surface area contributed by atoms with Crippen molar-refractivity contribution in [3.8, 4) is 0 Å². The zero-order chi connectivity index (χ0) is 19.3. The Kier molecular flexibility index (Phi) is 5.84. The molecule has 0 saturated carbocycles. The highest BCUT2D eigenvalue weighted by Crippen LogP contribution is 2.17. The largest absolute Gasteiger partial charge is 0.462 e. The van der Waals surface area contributed by atoms with Crippen molar-refractivity contribution in [2.75, 3.05) is 11.9 Å². The quantitative estimate of drug-likeness (QED) is 0.477. The number of nitrogens with zero attached hydrogens (tertiary/aromatic N) is 2. The van der Waals surface area contributed by atoms with Gasteiger partial charge >= 0.3 is 5.97 Å². The first-order valence-electron chi connectivity index (χ1n) is 7.76. The zero-order valence-electron chi connectivity index (χ0n) is 14.2. The van der Waals surface area contributed by atoms with Crippen LogP contribution in [0, 0.1) is 17.0 Å². The number of hydrogen-bond donors (Lipinski definition) is 1. The Morgan fingerprint density at radius 2 is 1.92 bits per heavy atom. The van der Waals surface area contributed by atoms with Crippen LogP contribution in [0.5, 0.6) is 0 Å².